The minimum atomic E-state index is -1.36. The third-order valence-electron chi connectivity index (χ3n) is 5.58. The van der Waals surface area contributed by atoms with E-state index in [2.05, 4.69) is 16.0 Å². The van der Waals surface area contributed by atoms with E-state index in [-0.39, 0.29) is 30.9 Å². The standard InChI is InChI=1S/C25H38N4O8S/c1-14(2)12-20(25(36)37)29-23(34)18(8-9-21(31)32)27-24(35)19(13-15-4-6-16(30)7-5-15)28-22(33)17(26)10-11-38-3/h4-7,14,17-20,30H,8-13,26H2,1-3H3,(H,27,35)(H,28,33)(H,29,34)(H,31,32)(H,36,37). The Morgan fingerprint density at radius 2 is 1.42 bits per heavy atom. The largest absolute Gasteiger partial charge is 0.508 e. The highest BCUT2D eigenvalue weighted by molar-refractivity contribution is 7.98. The Balaban J connectivity index is 3.15. The molecular weight excluding hydrogens is 516 g/mol. The smallest absolute Gasteiger partial charge is 0.326 e. The van der Waals surface area contributed by atoms with Crippen molar-refractivity contribution in [2.45, 2.75) is 70.1 Å². The summed E-state index contributed by atoms with van der Waals surface area (Å²) in [6.45, 7) is 3.57. The van der Waals surface area contributed by atoms with Gasteiger partial charge < -0.3 is 37.0 Å². The van der Waals surface area contributed by atoms with Crippen molar-refractivity contribution < 1.29 is 39.3 Å². The minimum absolute atomic E-state index is 0.00846. The van der Waals surface area contributed by atoms with Crippen LogP contribution in [0.5, 0.6) is 5.75 Å². The van der Waals surface area contributed by atoms with E-state index in [1.165, 1.54) is 23.9 Å². The molecule has 4 unspecified atom stereocenters. The summed E-state index contributed by atoms with van der Waals surface area (Å²) < 4.78 is 0. The number of hydrogen-bond donors (Lipinski definition) is 7. The molecule has 0 aliphatic carbocycles. The van der Waals surface area contributed by atoms with Crippen LogP contribution in [0.2, 0.25) is 0 Å². The fraction of sp³-hybridized carbons (Fsp3) is 0.560. The van der Waals surface area contributed by atoms with E-state index in [4.69, 9.17) is 10.8 Å². The molecule has 1 aromatic rings. The maximum Gasteiger partial charge on any atom is 0.326 e. The van der Waals surface area contributed by atoms with E-state index in [1.54, 1.807) is 26.0 Å². The van der Waals surface area contributed by atoms with Gasteiger partial charge in [0.05, 0.1) is 6.04 Å². The van der Waals surface area contributed by atoms with Gasteiger partial charge in [0.2, 0.25) is 17.7 Å². The number of carbonyl (C=O) groups is 5. The molecule has 0 fully saturated rings. The maximum atomic E-state index is 13.3. The monoisotopic (exact) mass is 554 g/mol. The normalized spacial score (nSPS) is 14.1. The second kappa shape index (κ2) is 16.5. The van der Waals surface area contributed by atoms with E-state index in [1.807, 2.05) is 6.26 Å². The molecule has 0 heterocycles. The van der Waals surface area contributed by atoms with Gasteiger partial charge in [0.15, 0.2) is 0 Å². The Morgan fingerprint density at radius 3 is 1.95 bits per heavy atom. The molecule has 0 radical (unpaired) electrons. The van der Waals surface area contributed by atoms with Gasteiger partial charge in [0, 0.05) is 12.8 Å². The van der Waals surface area contributed by atoms with E-state index in [9.17, 15) is 34.2 Å². The molecule has 3 amide bonds. The maximum absolute atomic E-state index is 13.3. The van der Waals surface area contributed by atoms with Crippen LogP contribution in [-0.2, 0) is 30.4 Å². The van der Waals surface area contributed by atoms with Crippen LogP contribution in [0.1, 0.15) is 45.1 Å². The summed E-state index contributed by atoms with van der Waals surface area (Å²) in [7, 11) is 0. The third-order valence-corrected chi connectivity index (χ3v) is 6.22. The first-order valence-corrected chi connectivity index (χ1v) is 13.6. The number of aromatic hydroxyl groups is 1. The fourth-order valence-electron chi connectivity index (χ4n) is 3.51. The van der Waals surface area contributed by atoms with Crippen LogP contribution < -0.4 is 21.7 Å². The van der Waals surface area contributed by atoms with Crippen molar-refractivity contribution in [2.24, 2.45) is 11.7 Å². The summed E-state index contributed by atoms with van der Waals surface area (Å²) in [6.07, 6.45) is 1.60. The molecule has 0 spiro atoms. The first-order valence-electron chi connectivity index (χ1n) is 12.2. The fourth-order valence-corrected chi connectivity index (χ4v) is 4.00. The molecule has 0 aromatic heterocycles. The Morgan fingerprint density at radius 1 is 0.868 bits per heavy atom. The molecule has 12 nitrogen and oxygen atoms in total. The van der Waals surface area contributed by atoms with Gasteiger partial charge in [-0.15, -0.1) is 0 Å². The van der Waals surface area contributed by atoms with Gasteiger partial charge in [0.25, 0.3) is 0 Å². The van der Waals surface area contributed by atoms with Gasteiger partial charge in [-0.1, -0.05) is 26.0 Å². The summed E-state index contributed by atoms with van der Waals surface area (Å²) in [5.41, 5.74) is 6.54. The number of thioether (sulfide) groups is 1. The lowest BCUT2D eigenvalue weighted by molar-refractivity contribution is -0.143. The van der Waals surface area contributed by atoms with Crippen molar-refractivity contribution in [1.82, 2.24) is 16.0 Å². The second-order valence-corrected chi connectivity index (χ2v) is 10.3. The van der Waals surface area contributed by atoms with Crippen LogP contribution in [0.4, 0.5) is 0 Å². The van der Waals surface area contributed by atoms with Crippen molar-refractivity contribution in [2.75, 3.05) is 12.0 Å². The van der Waals surface area contributed by atoms with Gasteiger partial charge in [0.1, 0.15) is 23.9 Å². The van der Waals surface area contributed by atoms with Gasteiger partial charge >= 0.3 is 11.9 Å². The molecule has 212 valence electrons. The lowest BCUT2D eigenvalue weighted by Crippen LogP contribution is -2.57. The van der Waals surface area contributed by atoms with Crippen molar-refractivity contribution in [3.8, 4) is 5.75 Å². The Bertz CT molecular complexity index is 957. The number of carboxylic acid groups (broad SMARTS) is 2. The van der Waals surface area contributed by atoms with Gasteiger partial charge in [-0.3, -0.25) is 19.2 Å². The van der Waals surface area contributed by atoms with Crippen molar-refractivity contribution in [3.63, 3.8) is 0 Å². The van der Waals surface area contributed by atoms with Crippen molar-refractivity contribution >= 4 is 41.4 Å². The van der Waals surface area contributed by atoms with Gasteiger partial charge in [-0.2, -0.15) is 11.8 Å². The molecule has 0 bridgehead atoms. The first kappa shape index (κ1) is 32.7. The number of benzene rings is 1. The SMILES string of the molecule is CSCCC(N)C(=O)NC(Cc1ccc(O)cc1)C(=O)NC(CCC(=O)O)C(=O)NC(CC(C)C)C(=O)O. The zero-order valence-corrected chi connectivity index (χ0v) is 22.6. The molecule has 0 aliphatic heterocycles. The summed E-state index contributed by atoms with van der Waals surface area (Å²) in [5, 5.41) is 35.6. The average molecular weight is 555 g/mol. The van der Waals surface area contributed by atoms with Crippen LogP contribution in [0.15, 0.2) is 24.3 Å². The molecule has 0 saturated heterocycles. The number of carboxylic acids is 2. The lowest BCUT2D eigenvalue weighted by atomic mass is 10.0. The predicted molar refractivity (Wildman–Crippen MR) is 143 cm³/mol. The molecule has 38 heavy (non-hydrogen) atoms. The molecule has 1 rings (SSSR count). The van der Waals surface area contributed by atoms with Crippen LogP contribution in [-0.4, -0.2) is 81.2 Å². The number of phenols is 1. The Kier molecular flexibility index (Phi) is 14.2. The Labute approximate surface area is 226 Å². The third kappa shape index (κ3) is 12.3. The quantitative estimate of drug-likeness (QED) is 0.141. The molecular formula is C25H38N4O8S. The van der Waals surface area contributed by atoms with Crippen LogP contribution >= 0.6 is 11.8 Å². The van der Waals surface area contributed by atoms with Crippen LogP contribution in [0.25, 0.3) is 0 Å². The zero-order chi connectivity index (χ0) is 28.8. The average Bonchev–Trinajstić information content (AvgIpc) is 2.84. The molecule has 4 atom stereocenters. The number of hydrogen-bond acceptors (Lipinski definition) is 8. The van der Waals surface area contributed by atoms with E-state index in [0.717, 1.165) is 0 Å². The summed E-state index contributed by atoms with van der Waals surface area (Å²) in [5.74, 6) is -4.07. The van der Waals surface area contributed by atoms with Crippen LogP contribution in [0, 0.1) is 5.92 Å². The topological polar surface area (TPSA) is 208 Å². The summed E-state index contributed by atoms with van der Waals surface area (Å²) in [4.78, 5) is 61.7. The number of phenolic OH excluding ortho intramolecular Hbond substituents is 1. The summed E-state index contributed by atoms with van der Waals surface area (Å²) >= 11 is 1.51. The first-order chi connectivity index (χ1) is 17.8. The number of amides is 3. The molecule has 13 heteroatoms. The zero-order valence-electron chi connectivity index (χ0n) is 21.8. The highest BCUT2D eigenvalue weighted by atomic mass is 32.2. The molecule has 0 aliphatic rings. The molecule has 8 N–H and O–H groups in total. The van der Waals surface area contributed by atoms with Gasteiger partial charge in [-0.05, 0) is 54.9 Å². The van der Waals surface area contributed by atoms with E-state index >= 15 is 0 Å². The number of nitrogens with two attached hydrogens (primary N) is 1. The van der Waals surface area contributed by atoms with Crippen molar-refractivity contribution in [1.29, 1.82) is 0 Å². The number of aliphatic carboxylic acids is 2. The second-order valence-electron chi connectivity index (χ2n) is 9.34. The summed E-state index contributed by atoms with van der Waals surface area (Å²) in [6, 6.07) is 1.31. The number of rotatable bonds is 17. The minimum Gasteiger partial charge on any atom is -0.508 e. The van der Waals surface area contributed by atoms with E-state index < -0.39 is 60.2 Å². The van der Waals surface area contributed by atoms with Crippen molar-refractivity contribution in [3.05, 3.63) is 29.8 Å². The van der Waals surface area contributed by atoms with Crippen LogP contribution in [0.3, 0.4) is 0 Å². The molecule has 1 aromatic carbocycles. The lowest BCUT2D eigenvalue weighted by Gasteiger charge is -2.25. The highest BCUT2D eigenvalue weighted by Crippen LogP contribution is 2.13. The number of carbonyl (C=O) groups excluding carboxylic acids is 3. The van der Waals surface area contributed by atoms with Gasteiger partial charge in [-0.25, -0.2) is 4.79 Å². The number of nitrogens with one attached hydrogen (secondary N) is 3. The predicted octanol–water partition coefficient (Wildman–Crippen LogP) is 0.465. The Hall–Kier alpha value is -3.32. The molecule has 0 saturated carbocycles. The van der Waals surface area contributed by atoms with E-state index in [0.29, 0.717) is 17.7 Å². The highest BCUT2D eigenvalue weighted by Gasteiger charge is 2.31.